The fourth-order valence-electron chi connectivity index (χ4n) is 1.35. The topological polar surface area (TPSA) is 49.4 Å². The molecule has 14 heavy (non-hydrogen) atoms. The first-order valence-corrected chi connectivity index (χ1v) is 6.36. The Morgan fingerprint density at radius 2 is 1.93 bits per heavy atom. The number of nitrogens with one attached hydrogen (secondary N) is 1. The molecule has 0 aromatic heterocycles. The molecular formula is C8H9BrN2O2S. The van der Waals surface area contributed by atoms with Crippen molar-refractivity contribution in [2.75, 3.05) is 17.4 Å². The van der Waals surface area contributed by atoms with Crippen molar-refractivity contribution in [3.05, 3.63) is 28.7 Å². The molecule has 4 nitrogen and oxygen atoms in total. The van der Waals surface area contributed by atoms with Crippen molar-refractivity contribution in [3.8, 4) is 0 Å². The van der Waals surface area contributed by atoms with Gasteiger partial charge in [-0.1, -0.05) is 15.9 Å². The van der Waals surface area contributed by atoms with Gasteiger partial charge in [-0.25, -0.2) is 0 Å². The van der Waals surface area contributed by atoms with Crippen LogP contribution in [0.25, 0.3) is 0 Å². The first kappa shape index (κ1) is 9.95. The monoisotopic (exact) mass is 276 g/mol. The highest BCUT2D eigenvalue weighted by Gasteiger charge is 2.27. The largest absolute Gasteiger partial charge is 0.301 e. The molecule has 1 aliphatic heterocycles. The van der Waals surface area contributed by atoms with E-state index in [0.29, 0.717) is 18.8 Å². The summed E-state index contributed by atoms with van der Waals surface area (Å²) in [7, 11) is -3.28. The number of halogens is 1. The normalized spacial score (nSPS) is 19.9. The van der Waals surface area contributed by atoms with E-state index >= 15 is 0 Å². The van der Waals surface area contributed by atoms with Gasteiger partial charge < -0.3 is 0 Å². The van der Waals surface area contributed by atoms with Gasteiger partial charge in [0.05, 0.1) is 5.69 Å². The fourth-order valence-corrected chi connectivity index (χ4v) is 2.85. The molecule has 1 fully saturated rings. The van der Waals surface area contributed by atoms with Gasteiger partial charge in [-0.05, 0) is 24.3 Å². The number of rotatable bonds is 1. The molecule has 1 aromatic carbocycles. The third kappa shape index (κ3) is 1.77. The van der Waals surface area contributed by atoms with Crippen molar-refractivity contribution in [1.29, 1.82) is 0 Å². The molecule has 0 amide bonds. The van der Waals surface area contributed by atoms with Gasteiger partial charge in [0.1, 0.15) is 0 Å². The molecule has 0 spiro atoms. The number of anilines is 1. The maximum absolute atomic E-state index is 11.5. The van der Waals surface area contributed by atoms with E-state index in [1.807, 2.05) is 12.1 Å². The molecule has 1 aromatic rings. The molecule has 6 heteroatoms. The van der Waals surface area contributed by atoms with Gasteiger partial charge in [-0.15, -0.1) is 0 Å². The van der Waals surface area contributed by atoms with E-state index in [9.17, 15) is 8.42 Å². The van der Waals surface area contributed by atoms with E-state index in [1.54, 1.807) is 12.1 Å². The van der Waals surface area contributed by atoms with Crippen molar-refractivity contribution in [3.63, 3.8) is 0 Å². The summed E-state index contributed by atoms with van der Waals surface area (Å²) in [6.07, 6.45) is 0. The zero-order valence-electron chi connectivity index (χ0n) is 7.27. The van der Waals surface area contributed by atoms with Crippen LogP contribution in [0.1, 0.15) is 0 Å². The third-order valence-electron chi connectivity index (χ3n) is 2.00. The van der Waals surface area contributed by atoms with E-state index in [-0.39, 0.29) is 0 Å². The summed E-state index contributed by atoms with van der Waals surface area (Å²) in [4.78, 5) is 0. The summed E-state index contributed by atoms with van der Waals surface area (Å²) in [5.74, 6) is 0. The molecule has 0 saturated carbocycles. The lowest BCUT2D eigenvalue weighted by atomic mass is 10.3. The molecule has 1 aliphatic rings. The third-order valence-corrected chi connectivity index (χ3v) is 4.08. The molecule has 0 atom stereocenters. The number of hydrogen-bond acceptors (Lipinski definition) is 2. The van der Waals surface area contributed by atoms with Gasteiger partial charge in [0.25, 0.3) is 0 Å². The zero-order chi connectivity index (χ0) is 10.2. The highest BCUT2D eigenvalue weighted by atomic mass is 79.9. The van der Waals surface area contributed by atoms with Gasteiger partial charge in [-0.3, -0.25) is 4.31 Å². The molecule has 0 bridgehead atoms. The lowest BCUT2D eigenvalue weighted by Crippen LogP contribution is -2.29. The van der Waals surface area contributed by atoms with Crippen molar-refractivity contribution < 1.29 is 8.42 Å². The summed E-state index contributed by atoms with van der Waals surface area (Å²) in [6.45, 7) is 0.961. The summed E-state index contributed by atoms with van der Waals surface area (Å²) in [5, 5.41) is 0. The average molecular weight is 277 g/mol. The van der Waals surface area contributed by atoms with Crippen LogP contribution in [0.5, 0.6) is 0 Å². The minimum absolute atomic E-state index is 0.471. The molecule has 0 unspecified atom stereocenters. The summed E-state index contributed by atoms with van der Waals surface area (Å²) in [5.41, 5.74) is 0.693. The van der Waals surface area contributed by atoms with Gasteiger partial charge in [0.15, 0.2) is 0 Å². The predicted octanol–water partition coefficient (Wildman–Crippen LogP) is 1.10. The van der Waals surface area contributed by atoms with Crippen molar-refractivity contribution >= 4 is 31.8 Å². The maximum Gasteiger partial charge on any atom is 0.301 e. The molecular weight excluding hydrogens is 268 g/mol. The van der Waals surface area contributed by atoms with Crippen LogP contribution in [0.4, 0.5) is 5.69 Å². The van der Waals surface area contributed by atoms with E-state index in [4.69, 9.17) is 0 Å². The number of hydrogen-bond donors (Lipinski definition) is 1. The maximum atomic E-state index is 11.5. The highest BCUT2D eigenvalue weighted by molar-refractivity contribution is 9.10. The van der Waals surface area contributed by atoms with Crippen LogP contribution in [0, 0.1) is 0 Å². The predicted molar refractivity (Wildman–Crippen MR) is 58.4 cm³/mol. The van der Waals surface area contributed by atoms with E-state index < -0.39 is 10.2 Å². The van der Waals surface area contributed by atoms with Crippen molar-refractivity contribution in [2.45, 2.75) is 0 Å². The molecule has 76 valence electrons. The summed E-state index contributed by atoms with van der Waals surface area (Å²) in [6, 6.07) is 7.19. The Hall–Kier alpha value is -0.590. The minimum Gasteiger partial charge on any atom is -0.257 e. The smallest absolute Gasteiger partial charge is 0.257 e. The quantitative estimate of drug-likeness (QED) is 0.835. The summed E-state index contributed by atoms with van der Waals surface area (Å²) < 4.78 is 27.6. The van der Waals surface area contributed by atoms with Crippen LogP contribution in [0.3, 0.4) is 0 Å². The fraction of sp³-hybridized carbons (Fsp3) is 0.250. The SMILES string of the molecule is O=S1(=O)NCCN1c1ccc(Br)cc1. The Bertz CT molecular complexity index is 429. The zero-order valence-corrected chi connectivity index (χ0v) is 9.68. The van der Waals surface area contributed by atoms with Crippen LogP contribution in [0.15, 0.2) is 28.7 Å². The molecule has 2 rings (SSSR count). The average Bonchev–Trinajstić information content (AvgIpc) is 2.47. The molecule has 1 saturated heterocycles. The number of nitrogens with zero attached hydrogens (tertiary/aromatic N) is 1. The van der Waals surface area contributed by atoms with Crippen LogP contribution in [0.2, 0.25) is 0 Å². The van der Waals surface area contributed by atoms with Gasteiger partial charge in [0, 0.05) is 17.6 Å². The lowest BCUT2D eigenvalue weighted by molar-refractivity contribution is 0.592. The van der Waals surface area contributed by atoms with Crippen molar-refractivity contribution in [2.24, 2.45) is 0 Å². The molecule has 0 radical (unpaired) electrons. The lowest BCUT2D eigenvalue weighted by Gasteiger charge is -2.15. The molecule has 1 heterocycles. The van der Waals surface area contributed by atoms with Gasteiger partial charge in [0.2, 0.25) is 0 Å². The van der Waals surface area contributed by atoms with E-state index in [2.05, 4.69) is 20.7 Å². The van der Waals surface area contributed by atoms with Crippen LogP contribution in [-0.2, 0) is 10.2 Å². The Labute approximate surface area is 91.2 Å². The Morgan fingerprint density at radius 1 is 1.29 bits per heavy atom. The van der Waals surface area contributed by atoms with E-state index in [1.165, 1.54) is 4.31 Å². The number of benzene rings is 1. The van der Waals surface area contributed by atoms with Crippen molar-refractivity contribution in [1.82, 2.24) is 4.72 Å². The first-order valence-electron chi connectivity index (χ1n) is 4.12. The first-order chi connectivity index (χ1) is 6.59. The van der Waals surface area contributed by atoms with Gasteiger partial charge in [-0.2, -0.15) is 13.1 Å². The van der Waals surface area contributed by atoms with Gasteiger partial charge >= 0.3 is 10.2 Å². The Kier molecular flexibility index (Phi) is 2.50. The van der Waals surface area contributed by atoms with Crippen LogP contribution >= 0.6 is 15.9 Å². The standard InChI is InChI=1S/C8H9BrN2O2S/c9-7-1-3-8(4-2-7)11-6-5-10-14(11,12)13/h1-4,10H,5-6H2. The van der Waals surface area contributed by atoms with Crippen LogP contribution in [-0.4, -0.2) is 21.5 Å². The molecule has 0 aliphatic carbocycles. The minimum atomic E-state index is -3.28. The Balaban J connectivity index is 2.36. The second-order valence-electron chi connectivity index (χ2n) is 2.95. The highest BCUT2D eigenvalue weighted by Crippen LogP contribution is 2.21. The molecule has 1 N–H and O–H groups in total. The van der Waals surface area contributed by atoms with E-state index in [0.717, 1.165) is 4.47 Å². The summed E-state index contributed by atoms with van der Waals surface area (Å²) >= 11 is 3.30. The van der Waals surface area contributed by atoms with Crippen LogP contribution < -0.4 is 9.03 Å². The second-order valence-corrected chi connectivity index (χ2v) is 5.54. The second kappa shape index (κ2) is 3.52. The Morgan fingerprint density at radius 3 is 2.43 bits per heavy atom.